The first kappa shape index (κ1) is 12.9. The standard InChI is InChI=1S/C14H20N2O2/c1-9(2)6-15-8-14-16-7-13(18-14)12-5-10(3)17-11(12)4/h5,7,9,15H,6,8H2,1-4H3. The lowest BCUT2D eigenvalue weighted by molar-refractivity contribution is 0.457. The highest BCUT2D eigenvalue weighted by molar-refractivity contribution is 5.59. The van der Waals surface area contributed by atoms with Crippen molar-refractivity contribution >= 4 is 0 Å². The zero-order valence-electron chi connectivity index (χ0n) is 11.4. The molecule has 2 aromatic heterocycles. The van der Waals surface area contributed by atoms with Crippen LogP contribution in [0.3, 0.4) is 0 Å². The minimum absolute atomic E-state index is 0.623. The second kappa shape index (κ2) is 5.40. The molecule has 0 saturated carbocycles. The van der Waals surface area contributed by atoms with Gasteiger partial charge in [0.2, 0.25) is 5.89 Å². The first-order valence-electron chi connectivity index (χ1n) is 6.29. The lowest BCUT2D eigenvalue weighted by atomic mass is 10.2. The molecule has 0 bridgehead atoms. The summed E-state index contributed by atoms with van der Waals surface area (Å²) < 4.78 is 11.2. The van der Waals surface area contributed by atoms with Crippen LogP contribution in [0.1, 0.15) is 31.3 Å². The Hall–Kier alpha value is -1.55. The highest BCUT2D eigenvalue weighted by Gasteiger charge is 2.12. The van der Waals surface area contributed by atoms with Crippen LogP contribution in [0.25, 0.3) is 11.3 Å². The van der Waals surface area contributed by atoms with Gasteiger partial charge in [0.25, 0.3) is 0 Å². The summed E-state index contributed by atoms with van der Waals surface area (Å²) in [6.45, 7) is 9.83. The summed E-state index contributed by atoms with van der Waals surface area (Å²) in [5.74, 6) is 3.86. The summed E-state index contributed by atoms with van der Waals surface area (Å²) in [7, 11) is 0. The third-order valence-corrected chi connectivity index (χ3v) is 2.69. The van der Waals surface area contributed by atoms with Crippen molar-refractivity contribution in [2.24, 2.45) is 5.92 Å². The Morgan fingerprint density at radius 3 is 2.67 bits per heavy atom. The fraction of sp³-hybridized carbons (Fsp3) is 0.500. The molecule has 4 heteroatoms. The quantitative estimate of drug-likeness (QED) is 0.882. The maximum Gasteiger partial charge on any atom is 0.208 e. The molecule has 4 nitrogen and oxygen atoms in total. The zero-order chi connectivity index (χ0) is 13.1. The first-order chi connectivity index (χ1) is 8.56. The predicted molar refractivity (Wildman–Crippen MR) is 70.2 cm³/mol. The average molecular weight is 248 g/mol. The Labute approximate surface area is 107 Å². The zero-order valence-corrected chi connectivity index (χ0v) is 11.4. The maximum absolute atomic E-state index is 5.71. The molecule has 2 rings (SSSR count). The Morgan fingerprint density at radius 1 is 1.28 bits per heavy atom. The monoisotopic (exact) mass is 248 g/mol. The molecule has 2 heterocycles. The topological polar surface area (TPSA) is 51.2 Å². The van der Waals surface area contributed by atoms with Crippen molar-refractivity contribution in [2.75, 3.05) is 6.54 Å². The van der Waals surface area contributed by atoms with Crippen molar-refractivity contribution in [2.45, 2.75) is 34.2 Å². The molecule has 0 amide bonds. The first-order valence-corrected chi connectivity index (χ1v) is 6.29. The Kier molecular flexibility index (Phi) is 3.87. The molecular weight excluding hydrogens is 228 g/mol. The van der Waals surface area contributed by atoms with E-state index in [1.54, 1.807) is 6.20 Å². The van der Waals surface area contributed by atoms with Crippen molar-refractivity contribution in [1.29, 1.82) is 0 Å². The van der Waals surface area contributed by atoms with Gasteiger partial charge in [-0.2, -0.15) is 0 Å². The van der Waals surface area contributed by atoms with Crippen LogP contribution >= 0.6 is 0 Å². The van der Waals surface area contributed by atoms with E-state index in [4.69, 9.17) is 8.83 Å². The lowest BCUT2D eigenvalue weighted by Gasteiger charge is -2.04. The molecule has 0 saturated heterocycles. The summed E-state index contributed by atoms with van der Waals surface area (Å²) >= 11 is 0. The van der Waals surface area contributed by atoms with Crippen LogP contribution in [-0.2, 0) is 6.54 Å². The van der Waals surface area contributed by atoms with Gasteiger partial charge in [0.15, 0.2) is 5.76 Å². The highest BCUT2D eigenvalue weighted by atomic mass is 16.4. The minimum Gasteiger partial charge on any atom is -0.466 e. The molecule has 18 heavy (non-hydrogen) atoms. The number of rotatable bonds is 5. The number of aromatic nitrogens is 1. The van der Waals surface area contributed by atoms with Crippen molar-refractivity contribution in [1.82, 2.24) is 10.3 Å². The third-order valence-electron chi connectivity index (χ3n) is 2.69. The predicted octanol–water partition coefficient (Wildman–Crippen LogP) is 3.30. The van der Waals surface area contributed by atoms with Crippen molar-refractivity contribution in [3.63, 3.8) is 0 Å². The molecule has 0 spiro atoms. The molecule has 0 radical (unpaired) electrons. The van der Waals surface area contributed by atoms with Crippen molar-refractivity contribution in [3.05, 3.63) is 29.7 Å². The second-order valence-corrected chi connectivity index (χ2v) is 4.97. The maximum atomic E-state index is 5.71. The van der Waals surface area contributed by atoms with Gasteiger partial charge in [-0.05, 0) is 32.4 Å². The van der Waals surface area contributed by atoms with E-state index in [-0.39, 0.29) is 0 Å². The minimum atomic E-state index is 0.623. The van der Waals surface area contributed by atoms with Gasteiger partial charge >= 0.3 is 0 Å². The Balaban J connectivity index is 2.04. The van der Waals surface area contributed by atoms with Gasteiger partial charge in [-0.25, -0.2) is 4.98 Å². The summed E-state index contributed by atoms with van der Waals surface area (Å²) in [5, 5.41) is 3.31. The van der Waals surface area contributed by atoms with E-state index in [0.717, 1.165) is 29.4 Å². The smallest absolute Gasteiger partial charge is 0.208 e. The lowest BCUT2D eigenvalue weighted by Crippen LogP contribution is -2.18. The molecule has 0 aliphatic carbocycles. The molecule has 0 aromatic carbocycles. The van der Waals surface area contributed by atoms with Gasteiger partial charge in [0.05, 0.1) is 18.3 Å². The van der Waals surface area contributed by atoms with E-state index < -0.39 is 0 Å². The molecule has 0 unspecified atom stereocenters. The van der Waals surface area contributed by atoms with Crippen LogP contribution in [0.2, 0.25) is 0 Å². The van der Waals surface area contributed by atoms with Crippen LogP contribution in [0, 0.1) is 19.8 Å². The fourth-order valence-electron chi connectivity index (χ4n) is 1.86. The molecule has 0 fully saturated rings. The summed E-state index contributed by atoms with van der Waals surface area (Å²) in [6.07, 6.45) is 1.75. The van der Waals surface area contributed by atoms with Gasteiger partial charge in [-0.1, -0.05) is 13.8 Å². The molecule has 0 atom stereocenters. The van der Waals surface area contributed by atoms with Crippen molar-refractivity contribution in [3.8, 4) is 11.3 Å². The number of furan rings is 1. The van der Waals surface area contributed by atoms with Crippen LogP contribution in [0.4, 0.5) is 0 Å². The molecule has 2 aromatic rings. The van der Waals surface area contributed by atoms with Crippen LogP contribution in [0.15, 0.2) is 21.1 Å². The van der Waals surface area contributed by atoms with Crippen molar-refractivity contribution < 1.29 is 8.83 Å². The van der Waals surface area contributed by atoms with Gasteiger partial charge in [0, 0.05) is 0 Å². The second-order valence-electron chi connectivity index (χ2n) is 4.97. The van der Waals surface area contributed by atoms with Crippen LogP contribution in [-0.4, -0.2) is 11.5 Å². The van der Waals surface area contributed by atoms with E-state index >= 15 is 0 Å². The van der Waals surface area contributed by atoms with Gasteiger partial charge < -0.3 is 14.2 Å². The number of hydrogen-bond donors (Lipinski definition) is 1. The number of nitrogens with one attached hydrogen (secondary N) is 1. The van der Waals surface area contributed by atoms with Gasteiger partial charge in [0.1, 0.15) is 11.5 Å². The summed E-state index contributed by atoms with van der Waals surface area (Å²) in [5.41, 5.74) is 0.982. The van der Waals surface area contributed by atoms with E-state index in [0.29, 0.717) is 18.4 Å². The van der Waals surface area contributed by atoms with Gasteiger partial charge in [-0.15, -0.1) is 0 Å². The molecule has 98 valence electrons. The Morgan fingerprint density at radius 2 is 2.06 bits per heavy atom. The van der Waals surface area contributed by atoms with Crippen LogP contribution in [0.5, 0.6) is 0 Å². The van der Waals surface area contributed by atoms with E-state index in [9.17, 15) is 0 Å². The largest absolute Gasteiger partial charge is 0.466 e. The fourth-order valence-corrected chi connectivity index (χ4v) is 1.86. The summed E-state index contributed by atoms with van der Waals surface area (Å²) in [4.78, 5) is 4.27. The Bertz CT molecular complexity index is 512. The van der Waals surface area contributed by atoms with E-state index in [2.05, 4.69) is 24.1 Å². The van der Waals surface area contributed by atoms with Crippen LogP contribution < -0.4 is 5.32 Å². The van der Waals surface area contributed by atoms with Gasteiger partial charge in [-0.3, -0.25) is 0 Å². The number of nitrogens with zero attached hydrogens (tertiary/aromatic N) is 1. The average Bonchev–Trinajstić information content (AvgIpc) is 2.85. The third kappa shape index (κ3) is 3.01. The molecule has 0 aliphatic heterocycles. The van der Waals surface area contributed by atoms with E-state index in [1.807, 2.05) is 19.9 Å². The molecule has 0 aliphatic rings. The summed E-state index contributed by atoms with van der Waals surface area (Å²) in [6, 6.07) is 1.97. The highest BCUT2D eigenvalue weighted by Crippen LogP contribution is 2.26. The number of aryl methyl sites for hydroxylation is 2. The SMILES string of the molecule is Cc1cc(-c2cnc(CNCC(C)C)o2)c(C)o1. The number of hydrogen-bond acceptors (Lipinski definition) is 4. The number of oxazole rings is 1. The van der Waals surface area contributed by atoms with E-state index in [1.165, 1.54) is 0 Å². The molecular formula is C14H20N2O2. The molecule has 1 N–H and O–H groups in total. The normalized spacial score (nSPS) is 11.4.